The number of nitrogens with zero attached hydrogens (tertiary/aromatic N) is 4. The molecule has 0 atom stereocenters. The number of hydrogen-bond donors (Lipinski definition) is 0. The van der Waals surface area contributed by atoms with Gasteiger partial charge in [0.1, 0.15) is 11.2 Å². The van der Waals surface area contributed by atoms with Crippen LogP contribution in [0, 0.1) is 0 Å². The monoisotopic (exact) mass is 746 g/mol. The predicted molar refractivity (Wildman–Crippen MR) is 236 cm³/mol. The zero-order chi connectivity index (χ0) is 37.5. The largest absolute Gasteiger partial charge is 0.455 e. The lowest BCUT2D eigenvalue weighted by Gasteiger charge is -2.09. The van der Waals surface area contributed by atoms with E-state index in [1.165, 1.54) is 47.7 Å². The second kappa shape index (κ2) is 12.6. The molecule has 12 aromatic rings. The lowest BCUT2D eigenvalue weighted by Crippen LogP contribution is -2.00. The maximum absolute atomic E-state index is 6.78. The quantitative estimate of drug-likeness (QED) is 0.176. The fraction of sp³-hybridized carbons (Fsp3) is 0. The summed E-state index contributed by atoms with van der Waals surface area (Å²) in [6.07, 6.45) is 0. The molecule has 0 aliphatic carbocycles. The van der Waals surface area contributed by atoms with Crippen molar-refractivity contribution in [1.29, 1.82) is 0 Å². The Hall–Kier alpha value is -7.41. The minimum atomic E-state index is 0.604. The summed E-state index contributed by atoms with van der Waals surface area (Å²) in [7, 11) is 0. The van der Waals surface area contributed by atoms with Gasteiger partial charge >= 0.3 is 0 Å². The molecule has 0 saturated heterocycles. The average molecular weight is 747 g/mol. The zero-order valence-electron chi connectivity index (χ0n) is 30.4. The standard InChI is InChI=1S/C51H30N4OS/c1-3-14-31(15-4-1)49-52-50(32-16-5-2-6-17-32)54-51(53-49)40-23-13-27-44-46(40)39-22-11-20-34(47(39)56-44)33-28-29-37-38-21-12-26-43(48(38)57-45(37)30-33)55-41-24-9-7-18-35(41)36-19-8-10-25-42(36)55/h1-30H. The topological polar surface area (TPSA) is 56.7 Å². The van der Waals surface area contributed by atoms with Crippen molar-refractivity contribution in [3.8, 4) is 51.0 Å². The highest BCUT2D eigenvalue weighted by molar-refractivity contribution is 7.26. The minimum absolute atomic E-state index is 0.604. The predicted octanol–water partition coefficient (Wildman–Crippen LogP) is 13.9. The highest BCUT2D eigenvalue weighted by atomic mass is 32.1. The summed E-state index contributed by atoms with van der Waals surface area (Å²) >= 11 is 1.85. The number of hydrogen-bond acceptors (Lipinski definition) is 5. The molecular weight excluding hydrogens is 717 g/mol. The van der Waals surface area contributed by atoms with Crippen molar-refractivity contribution in [2.45, 2.75) is 0 Å². The summed E-state index contributed by atoms with van der Waals surface area (Å²) < 4.78 is 11.7. The third-order valence-electron chi connectivity index (χ3n) is 11.1. The third-order valence-corrected chi connectivity index (χ3v) is 12.3. The first-order valence-electron chi connectivity index (χ1n) is 19.0. The van der Waals surface area contributed by atoms with Crippen LogP contribution in [-0.2, 0) is 0 Å². The van der Waals surface area contributed by atoms with Gasteiger partial charge in [-0.3, -0.25) is 0 Å². The van der Waals surface area contributed by atoms with Crippen LogP contribution in [-0.4, -0.2) is 19.5 Å². The van der Waals surface area contributed by atoms with E-state index < -0.39 is 0 Å². The first-order valence-corrected chi connectivity index (χ1v) is 19.8. The Morgan fingerprint density at radius 3 is 1.72 bits per heavy atom. The molecule has 8 aromatic carbocycles. The van der Waals surface area contributed by atoms with E-state index in [0.717, 1.165) is 49.8 Å². The highest BCUT2D eigenvalue weighted by Gasteiger charge is 2.21. The van der Waals surface area contributed by atoms with Crippen molar-refractivity contribution in [3.63, 3.8) is 0 Å². The van der Waals surface area contributed by atoms with Gasteiger partial charge in [0.25, 0.3) is 0 Å². The Bertz CT molecular complexity index is 3420. The number of para-hydroxylation sites is 3. The summed E-state index contributed by atoms with van der Waals surface area (Å²) in [5.74, 6) is 1.86. The van der Waals surface area contributed by atoms with Gasteiger partial charge in [-0.05, 0) is 35.9 Å². The van der Waals surface area contributed by atoms with Crippen molar-refractivity contribution < 1.29 is 4.42 Å². The molecule has 12 rings (SSSR count). The second-order valence-electron chi connectivity index (χ2n) is 14.3. The molecule has 0 aliphatic rings. The van der Waals surface area contributed by atoms with Crippen molar-refractivity contribution in [1.82, 2.24) is 19.5 Å². The molecular formula is C51H30N4OS. The van der Waals surface area contributed by atoms with Crippen LogP contribution in [0.25, 0.3) is 115 Å². The molecule has 0 radical (unpaired) electrons. The van der Waals surface area contributed by atoms with Crippen molar-refractivity contribution >= 4 is 75.3 Å². The van der Waals surface area contributed by atoms with Gasteiger partial charge < -0.3 is 8.98 Å². The summed E-state index contributed by atoms with van der Waals surface area (Å²) in [6.45, 7) is 0. The highest BCUT2D eigenvalue weighted by Crippen LogP contribution is 2.44. The van der Waals surface area contributed by atoms with Crippen LogP contribution in [0.15, 0.2) is 186 Å². The lowest BCUT2D eigenvalue weighted by atomic mass is 9.99. The van der Waals surface area contributed by atoms with E-state index >= 15 is 0 Å². The number of thiophene rings is 1. The van der Waals surface area contributed by atoms with E-state index in [9.17, 15) is 0 Å². The number of aromatic nitrogens is 4. The molecule has 0 fully saturated rings. The Balaban J connectivity index is 1.03. The second-order valence-corrected chi connectivity index (χ2v) is 15.4. The van der Waals surface area contributed by atoms with Crippen molar-refractivity contribution in [2.24, 2.45) is 0 Å². The van der Waals surface area contributed by atoms with E-state index in [1.807, 2.05) is 84.1 Å². The Kier molecular flexibility index (Phi) is 7.03. The molecule has 0 bridgehead atoms. The van der Waals surface area contributed by atoms with E-state index in [-0.39, 0.29) is 0 Å². The van der Waals surface area contributed by atoms with Gasteiger partial charge in [-0.1, -0.05) is 152 Å². The molecule has 0 spiro atoms. The molecule has 4 heterocycles. The summed E-state index contributed by atoms with van der Waals surface area (Å²) in [5.41, 5.74) is 10.2. The molecule has 0 unspecified atom stereocenters. The average Bonchev–Trinajstić information content (AvgIpc) is 3.96. The maximum atomic E-state index is 6.78. The van der Waals surface area contributed by atoms with Crippen LogP contribution in [0.3, 0.4) is 0 Å². The fourth-order valence-electron chi connectivity index (χ4n) is 8.50. The molecule has 0 saturated carbocycles. The summed E-state index contributed by atoms with van der Waals surface area (Å²) in [6, 6.07) is 63.7. The number of rotatable bonds is 5. The van der Waals surface area contributed by atoms with Gasteiger partial charge in [-0.25, -0.2) is 15.0 Å². The van der Waals surface area contributed by atoms with Crippen molar-refractivity contribution in [3.05, 3.63) is 182 Å². The number of benzene rings is 8. The van der Waals surface area contributed by atoms with E-state index in [0.29, 0.717) is 17.5 Å². The number of furan rings is 1. The van der Waals surface area contributed by atoms with Crippen LogP contribution in [0.4, 0.5) is 0 Å². The minimum Gasteiger partial charge on any atom is -0.455 e. The van der Waals surface area contributed by atoms with Gasteiger partial charge in [-0.2, -0.15) is 0 Å². The normalized spacial score (nSPS) is 11.9. The van der Waals surface area contributed by atoms with Crippen LogP contribution < -0.4 is 0 Å². The smallest absolute Gasteiger partial charge is 0.164 e. The summed E-state index contributed by atoms with van der Waals surface area (Å²) in [4.78, 5) is 15.1. The van der Waals surface area contributed by atoms with Gasteiger partial charge in [-0.15, -0.1) is 11.3 Å². The Labute approximate surface area is 330 Å². The third kappa shape index (κ3) is 4.98. The molecule has 266 valence electrons. The van der Waals surface area contributed by atoms with Crippen LogP contribution in [0.2, 0.25) is 0 Å². The molecule has 4 aromatic heterocycles. The fourth-order valence-corrected chi connectivity index (χ4v) is 9.75. The van der Waals surface area contributed by atoms with Gasteiger partial charge in [0, 0.05) is 59.3 Å². The van der Waals surface area contributed by atoms with Gasteiger partial charge in [0.15, 0.2) is 17.5 Å². The first-order chi connectivity index (χ1) is 28.3. The maximum Gasteiger partial charge on any atom is 0.164 e. The zero-order valence-corrected chi connectivity index (χ0v) is 31.2. The van der Waals surface area contributed by atoms with E-state index in [1.54, 1.807) is 0 Å². The van der Waals surface area contributed by atoms with Crippen LogP contribution in [0.5, 0.6) is 0 Å². The molecule has 5 nitrogen and oxygen atoms in total. The summed E-state index contributed by atoms with van der Waals surface area (Å²) in [5, 5.41) is 7.04. The van der Waals surface area contributed by atoms with E-state index in [2.05, 4.69) is 114 Å². The number of fused-ring (bicyclic) bond motifs is 9. The molecule has 6 heteroatoms. The van der Waals surface area contributed by atoms with Gasteiger partial charge in [0.2, 0.25) is 0 Å². The molecule has 0 N–H and O–H groups in total. The van der Waals surface area contributed by atoms with Crippen molar-refractivity contribution in [2.75, 3.05) is 0 Å². The Morgan fingerprint density at radius 1 is 0.421 bits per heavy atom. The Morgan fingerprint density at radius 2 is 1.00 bits per heavy atom. The molecule has 57 heavy (non-hydrogen) atoms. The SMILES string of the molecule is c1ccc(-c2nc(-c3ccccc3)nc(-c3cccc4oc5c(-c6ccc7c(c6)sc6c(-n8c9ccccc9c9ccccc98)cccc67)cccc5c34)n2)cc1. The lowest BCUT2D eigenvalue weighted by molar-refractivity contribution is 0.670. The van der Waals surface area contributed by atoms with Crippen LogP contribution >= 0.6 is 11.3 Å². The van der Waals surface area contributed by atoms with Crippen LogP contribution in [0.1, 0.15) is 0 Å². The molecule has 0 aliphatic heterocycles. The van der Waals surface area contributed by atoms with Gasteiger partial charge in [0.05, 0.1) is 21.4 Å². The first kappa shape index (κ1) is 31.9. The molecule has 0 amide bonds. The van der Waals surface area contributed by atoms with E-state index in [4.69, 9.17) is 19.4 Å².